The molecule has 0 bridgehead atoms. The zero-order valence-corrected chi connectivity index (χ0v) is 12.2. The summed E-state index contributed by atoms with van der Waals surface area (Å²) in [5.74, 6) is 0.672. The van der Waals surface area contributed by atoms with Crippen LogP contribution in [-0.2, 0) is 6.42 Å². The van der Waals surface area contributed by atoms with Crippen LogP contribution in [-0.4, -0.2) is 31.6 Å². The summed E-state index contributed by atoms with van der Waals surface area (Å²) >= 11 is 0. The lowest BCUT2D eigenvalue weighted by molar-refractivity contribution is 0.335. The van der Waals surface area contributed by atoms with E-state index in [4.69, 9.17) is 5.73 Å². The van der Waals surface area contributed by atoms with Gasteiger partial charge < -0.3 is 10.6 Å². The Morgan fingerprint density at radius 2 is 1.83 bits per heavy atom. The van der Waals surface area contributed by atoms with Gasteiger partial charge in [-0.2, -0.15) is 0 Å². The van der Waals surface area contributed by atoms with Gasteiger partial charge in [0.1, 0.15) is 0 Å². The summed E-state index contributed by atoms with van der Waals surface area (Å²) in [6.45, 7) is 7.53. The molecule has 1 unspecified atom stereocenters. The maximum atomic E-state index is 5.52. The lowest BCUT2D eigenvalue weighted by atomic mass is 9.97. The molecule has 18 heavy (non-hydrogen) atoms. The molecular formula is C16H28N2. The van der Waals surface area contributed by atoms with E-state index < -0.39 is 0 Å². The SMILES string of the molecule is CCC(C)c1ccc(CCN(C)CCCN)cc1. The average Bonchev–Trinajstić information content (AvgIpc) is 2.42. The summed E-state index contributed by atoms with van der Waals surface area (Å²) in [6.07, 6.45) is 3.42. The highest BCUT2D eigenvalue weighted by Crippen LogP contribution is 2.18. The fraction of sp³-hybridized carbons (Fsp3) is 0.625. The van der Waals surface area contributed by atoms with Gasteiger partial charge in [-0.05, 0) is 56.4 Å². The predicted molar refractivity (Wildman–Crippen MR) is 80.0 cm³/mol. The molecule has 0 saturated carbocycles. The van der Waals surface area contributed by atoms with E-state index in [-0.39, 0.29) is 0 Å². The standard InChI is InChI=1S/C16H28N2/c1-4-14(2)16-8-6-15(7-9-16)10-13-18(3)12-5-11-17/h6-9,14H,4-5,10-13,17H2,1-3H3. The van der Waals surface area contributed by atoms with E-state index in [9.17, 15) is 0 Å². The van der Waals surface area contributed by atoms with Crippen molar-refractivity contribution in [3.05, 3.63) is 35.4 Å². The molecular weight excluding hydrogens is 220 g/mol. The lowest BCUT2D eigenvalue weighted by Gasteiger charge is -2.16. The number of nitrogens with two attached hydrogens (primary N) is 1. The van der Waals surface area contributed by atoms with Crippen LogP contribution in [0.4, 0.5) is 0 Å². The first kappa shape index (κ1) is 15.2. The monoisotopic (exact) mass is 248 g/mol. The second kappa shape index (κ2) is 8.28. The van der Waals surface area contributed by atoms with Gasteiger partial charge in [-0.3, -0.25) is 0 Å². The summed E-state index contributed by atoms with van der Waals surface area (Å²) in [5.41, 5.74) is 8.40. The number of benzene rings is 1. The van der Waals surface area contributed by atoms with E-state index >= 15 is 0 Å². The third-order valence-electron chi connectivity index (χ3n) is 3.69. The van der Waals surface area contributed by atoms with Gasteiger partial charge in [-0.25, -0.2) is 0 Å². The molecule has 1 atom stereocenters. The highest BCUT2D eigenvalue weighted by Gasteiger charge is 2.03. The maximum Gasteiger partial charge on any atom is 0.00188 e. The van der Waals surface area contributed by atoms with E-state index in [1.807, 2.05) is 0 Å². The second-order valence-corrected chi connectivity index (χ2v) is 5.25. The van der Waals surface area contributed by atoms with Gasteiger partial charge >= 0.3 is 0 Å². The molecule has 2 heteroatoms. The summed E-state index contributed by atoms with van der Waals surface area (Å²) in [7, 11) is 2.17. The van der Waals surface area contributed by atoms with Crippen molar-refractivity contribution >= 4 is 0 Å². The normalized spacial score (nSPS) is 12.9. The molecule has 1 rings (SSSR count). The van der Waals surface area contributed by atoms with Crippen LogP contribution in [0.1, 0.15) is 43.7 Å². The van der Waals surface area contributed by atoms with Crippen LogP contribution in [0, 0.1) is 0 Å². The molecule has 0 fully saturated rings. The van der Waals surface area contributed by atoms with Crippen molar-refractivity contribution in [2.45, 2.75) is 39.0 Å². The van der Waals surface area contributed by atoms with E-state index in [1.54, 1.807) is 0 Å². The smallest absolute Gasteiger partial charge is 0.00188 e. The number of likely N-dealkylation sites (N-methyl/N-ethyl adjacent to an activating group) is 1. The van der Waals surface area contributed by atoms with Crippen LogP contribution in [0.25, 0.3) is 0 Å². The quantitative estimate of drug-likeness (QED) is 0.766. The number of rotatable bonds is 8. The summed E-state index contributed by atoms with van der Waals surface area (Å²) in [4.78, 5) is 2.36. The van der Waals surface area contributed by atoms with E-state index in [0.717, 1.165) is 32.5 Å². The summed E-state index contributed by atoms with van der Waals surface area (Å²) < 4.78 is 0. The topological polar surface area (TPSA) is 29.3 Å². The van der Waals surface area contributed by atoms with Crippen LogP contribution in [0.5, 0.6) is 0 Å². The first-order valence-corrected chi connectivity index (χ1v) is 7.14. The Hall–Kier alpha value is -0.860. The number of hydrogen-bond acceptors (Lipinski definition) is 2. The molecule has 2 nitrogen and oxygen atoms in total. The predicted octanol–water partition coefficient (Wildman–Crippen LogP) is 3.02. The molecule has 0 amide bonds. The van der Waals surface area contributed by atoms with Crippen molar-refractivity contribution in [2.24, 2.45) is 5.73 Å². The van der Waals surface area contributed by atoms with Crippen molar-refractivity contribution in [3.63, 3.8) is 0 Å². The van der Waals surface area contributed by atoms with Crippen LogP contribution in [0.2, 0.25) is 0 Å². The molecule has 1 aromatic carbocycles. The minimum absolute atomic E-state index is 0.672. The van der Waals surface area contributed by atoms with E-state index in [0.29, 0.717) is 5.92 Å². The minimum Gasteiger partial charge on any atom is -0.330 e. The second-order valence-electron chi connectivity index (χ2n) is 5.25. The van der Waals surface area contributed by atoms with Gasteiger partial charge in [0.2, 0.25) is 0 Å². The van der Waals surface area contributed by atoms with Crippen LogP contribution >= 0.6 is 0 Å². The van der Waals surface area contributed by atoms with Gasteiger partial charge in [0.05, 0.1) is 0 Å². The number of nitrogens with zero attached hydrogens (tertiary/aromatic N) is 1. The van der Waals surface area contributed by atoms with Gasteiger partial charge in [0.25, 0.3) is 0 Å². The van der Waals surface area contributed by atoms with Gasteiger partial charge in [0, 0.05) is 6.54 Å². The third kappa shape index (κ3) is 5.19. The van der Waals surface area contributed by atoms with Crippen LogP contribution in [0.15, 0.2) is 24.3 Å². The Morgan fingerprint density at radius 3 is 2.39 bits per heavy atom. The average molecular weight is 248 g/mol. The van der Waals surface area contributed by atoms with Crippen molar-refractivity contribution in [2.75, 3.05) is 26.7 Å². The third-order valence-corrected chi connectivity index (χ3v) is 3.69. The Morgan fingerprint density at radius 1 is 1.17 bits per heavy atom. The Balaban J connectivity index is 2.39. The lowest BCUT2D eigenvalue weighted by Crippen LogP contribution is -2.24. The van der Waals surface area contributed by atoms with E-state index in [1.165, 1.54) is 17.5 Å². The first-order valence-electron chi connectivity index (χ1n) is 7.14. The molecule has 1 aromatic rings. The molecule has 0 radical (unpaired) electrons. The minimum atomic E-state index is 0.672. The van der Waals surface area contributed by atoms with Crippen molar-refractivity contribution in [1.82, 2.24) is 4.90 Å². The maximum absolute atomic E-state index is 5.52. The van der Waals surface area contributed by atoms with Gasteiger partial charge in [-0.15, -0.1) is 0 Å². The Bertz CT molecular complexity index is 318. The first-order chi connectivity index (χ1) is 8.67. The van der Waals surface area contributed by atoms with Crippen LogP contribution in [0.3, 0.4) is 0 Å². The molecule has 2 N–H and O–H groups in total. The summed E-state index contributed by atoms with van der Waals surface area (Å²) in [6, 6.07) is 9.11. The molecule has 0 saturated heterocycles. The van der Waals surface area contributed by atoms with Gasteiger partial charge in [0.15, 0.2) is 0 Å². The highest BCUT2D eigenvalue weighted by molar-refractivity contribution is 5.25. The van der Waals surface area contributed by atoms with Crippen LogP contribution < -0.4 is 5.73 Å². The molecule has 0 heterocycles. The Kier molecular flexibility index (Phi) is 6.99. The highest BCUT2D eigenvalue weighted by atomic mass is 15.1. The van der Waals surface area contributed by atoms with Crippen molar-refractivity contribution in [3.8, 4) is 0 Å². The fourth-order valence-corrected chi connectivity index (χ4v) is 2.04. The molecule has 102 valence electrons. The molecule has 0 aliphatic rings. The Labute approximate surface area is 112 Å². The number of hydrogen-bond donors (Lipinski definition) is 1. The zero-order chi connectivity index (χ0) is 13.4. The zero-order valence-electron chi connectivity index (χ0n) is 12.2. The molecule has 0 aliphatic carbocycles. The van der Waals surface area contributed by atoms with Gasteiger partial charge in [-0.1, -0.05) is 38.1 Å². The van der Waals surface area contributed by atoms with E-state index in [2.05, 4.69) is 50.1 Å². The molecule has 0 aliphatic heterocycles. The van der Waals surface area contributed by atoms with Crippen molar-refractivity contribution in [1.29, 1.82) is 0 Å². The van der Waals surface area contributed by atoms with Crippen molar-refractivity contribution < 1.29 is 0 Å². The molecule has 0 aromatic heterocycles. The fourth-order valence-electron chi connectivity index (χ4n) is 2.04. The summed E-state index contributed by atoms with van der Waals surface area (Å²) in [5, 5.41) is 0. The molecule has 0 spiro atoms. The largest absolute Gasteiger partial charge is 0.330 e.